The highest BCUT2D eigenvalue weighted by molar-refractivity contribution is 5.85. The summed E-state index contributed by atoms with van der Waals surface area (Å²) in [7, 11) is 0. The van der Waals surface area contributed by atoms with E-state index in [2.05, 4.69) is 53.7 Å². The standard InChI is InChI=1S/C31H43N3O3/c1-5-32-19-28(35)34-20(2)29(36)37-23-12-14-30(3)22(17-23)8-9-24-26-11-10-25(21-7-6-16-33-18-21)31(26,4)15-13-27(24)30/h6-8,10,16,18,20,23-24,26-27,32H,5,9,11-15,17,19H2,1-4H3,(H,34,35)/t20-,23-,24-,26-,27-,30-,31+/m0/s1. The minimum Gasteiger partial charge on any atom is -0.461 e. The van der Waals surface area contributed by atoms with Crippen molar-refractivity contribution >= 4 is 17.4 Å². The summed E-state index contributed by atoms with van der Waals surface area (Å²) in [6.45, 7) is 9.55. The van der Waals surface area contributed by atoms with Crippen molar-refractivity contribution in [2.45, 2.75) is 84.8 Å². The first-order chi connectivity index (χ1) is 17.8. The Morgan fingerprint density at radius 3 is 2.70 bits per heavy atom. The van der Waals surface area contributed by atoms with Crippen LogP contribution in [-0.2, 0) is 14.3 Å². The Morgan fingerprint density at radius 2 is 1.95 bits per heavy atom. The second-order valence-corrected chi connectivity index (χ2v) is 12.2. The molecule has 2 N–H and O–H groups in total. The van der Waals surface area contributed by atoms with Crippen LogP contribution >= 0.6 is 0 Å². The van der Waals surface area contributed by atoms with Crippen LogP contribution in [0.2, 0.25) is 0 Å². The second kappa shape index (κ2) is 10.4. The normalized spacial score (nSPS) is 35.2. The number of amides is 1. The number of allylic oxidation sites excluding steroid dienone is 3. The number of likely N-dealkylation sites (N-methyl/N-ethyl adjacent to an activating group) is 1. The number of carbonyl (C=O) groups excluding carboxylic acids is 2. The van der Waals surface area contributed by atoms with Crippen LogP contribution in [0.5, 0.6) is 0 Å². The van der Waals surface area contributed by atoms with Crippen LogP contribution in [-0.4, -0.2) is 42.1 Å². The van der Waals surface area contributed by atoms with Crippen molar-refractivity contribution in [3.63, 3.8) is 0 Å². The third-order valence-corrected chi connectivity index (χ3v) is 10.2. The molecule has 0 radical (unpaired) electrons. The van der Waals surface area contributed by atoms with Gasteiger partial charge in [-0.25, -0.2) is 4.79 Å². The predicted octanol–water partition coefficient (Wildman–Crippen LogP) is 5.06. The Labute approximate surface area is 221 Å². The highest BCUT2D eigenvalue weighted by atomic mass is 16.5. The molecule has 0 spiro atoms. The van der Waals surface area contributed by atoms with Gasteiger partial charge in [-0.1, -0.05) is 44.6 Å². The molecule has 7 atom stereocenters. The molecule has 0 bridgehead atoms. The molecule has 1 aromatic rings. The van der Waals surface area contributed by atoms with Gasteiger partial charge in [0.1, 0.15) is 12.1 Å². The molecule has 4 aliphatic rings. The zero-order chi connectivity index (χ0) is 26.2. The quantitative estimate of drug-likeness (QED) is 0.400. The molecule has 6 nitrogen and oxygen atoms in total. The topological polar surface area (TPSA) is 80.3 Å². The summed E-state index contributed by atoms with van der Waals surface area (Å²) in [6, 6.07) is 3.64. The number of nitrogens with one attached hydrogen (secondary N) is 2. The maximum Gasteiger partial charge on any atom is 0.328 e. The molecule has 2 fully saturated rings. The van der Waals surface area contributed by atoms with E-state index in [1.54, 1.807) is 6.92 Å². The van der Waals surface area contributed by atoms with Crippen molar-refractivity contribution in [1.82, 2.24) is 15.6 Å². The van der Waals surface area contributed by atoms with E-state index in [1.807, 2.05) is 19.3 Å². The first kappa shape index (κ1) is 26.1. The minimum absolute atomic E-state index is 0.101. The van der Waals surface area contributed by atoms with E-state index in [9.17, 15) is 9.59 Å². The average Bonchev–Trinajstić information content (AvgIpc) is 3.25. The van der Waals surface area contributed by atoms with Gasteiger partial charge in [-0.3, -0.25) is 9.78 Å². The van der Waals surface area contributed by atoms with E-state index in [4.69, 9.17) is 4.74 Å². The number of rotatable bonds is 7. The summed E-state index contributed by atoms with van der Waals surface area (Å²) < 4.78 is 5.91. The maximum absolute atomic E-state index is 12.7. The second-order valence-electron chi connectivity index (χ2n) is 12.2. The smallest absolute Gasteiger partial charge is 0.328 e. The van der Waals surface area contributed by atoms with E-state index in [0.29, 0.717) is 24.3 Å². The number of ether oxygens (including phenoxy) is 1. The van der Waals surface area contributed by atoms with Crippen LogP contribution < -0.4 is 10.6 Å². The Bertz CT molecular complexity index is 1080. The fraction of sp³-hybridized carbons (Fsp3) is 0.645. The molecule has 1 aromatic heterocycles. The fourth-order valence-electron chi connectivity index (χ4n) is 8.12. The van der Waals surface area contributed by atoms with Crippen molar-refractivity contribution in [1.29, 1.82) is 0 Å². The van der Waals surface area contributed by atoms with E-state index >= 15 is 0 Å². The number of aromatic nitrogens is 1. The molecule has 5 rings (SSSR count). The summed E-state index contributed by atoms with van der Waals surface area (Å²) in [5, 5.41) is 5.73. The third-order valence-electron chi connectivity index (χ3n) is 10.2. The summed E-state index contributed by atoms with van der Waals surface area (Å²) in [4.78, 5) is 29.1. The number of hydrogen-bond acceptors (Lipinski definition) is 5. The monoisotopic (exact) mass is 505 g/mol. The molecule has 1 amide bonds. The Kier molecular flexibility index (Phi) is 7.32. The van der Waals surface area contributed by atoms with Gasteiger partial charge in [-0.2, -0.15) is 0 Å². The number of esters is 1. The number of pyridine rings is 1. The molecular weight excluding hydrogens is 462 g/mol. The van der Waals surface area contributed by atoms with Gasteiger partial charge in [0.15, 0.2) is 0 Å². The van der Waals surface area contributed by atoms with E-state index < -0.39 is 6.04 Å². The Hall–Kier alpha value is -2.47. The van der Waals surface area contributed by atoms with E-state index in [0.717, 1.165) is 25.7 Å². The van der Waals surface area contributed by atoms with Crippen molar-refractivity contribution in [2.24, 2.45) is 28.6 Å². The molecule has 0 aliphatic heterocycles. The lowest BCUT2D eigenvalue weighted by Crippen LogP contribution is -2.50. The van der Waals surface area contributed by atoms with Crippen LogP contribution in [0, 0.1) is 28.6 Å². The van der Waals surface area contributed by atoms with Gasteiger partial charge in [-0.05, 0) is 97.8 Å². The van der Waals surface area contributed by atoms with Gasteiger partial charge in [0, 0.05) is 18.8 Å². The van der Waals surface area contributed by atoms with Gasteiger partial charge in [0.05, 0.1) is 6.54 Å². The molecule has 1 heterocycles. The van der Waals surface area contributed by atoms with Gasteiger partial charge in [-0.15, -0.1) is 0 Å². The molecule has 0 saturated heterocycles. The summed E-state index contributed by atoms with van der Waals surface area (Å²) in [6.07, 6.45) is 16.3. The highest BCUT2D eigenvalue weighted by Gasteiger charge is 2.57. The first-order valence-corrected chi connectivity index (χ1v) is 14.3. The zero-order valence-corrected chi connectivity index (χ0v) is 22.9. The molecule has 0 unspecified atom stereocenters. The molecule has 4 aliphatic carbocycles. The van der Waals surface area contributed by atoms with Crippen LogP contribution in [0.15, 0.2) is 42.3 Å². The molecule has 200 valence electrons. The van der Waals surface area contributed by atoms with Crippen LogP contribution in [0.4, 0.5) is 0 Å². The molecule has 0 aromatic carbocycles. The van der Waals surface area contributed by atoms with E-state index in [-0.39, 0.29) is 35.4 Å². The maximum atomic E-state index is 12.7. The van der Waals surface area contributed by atoms with Crippen molar-refractivity contribution < 1.29 is 14.3 Å². The molecule has 6 heteroatoms. The van der Waals surface area contributed by atoms with Crippen LogP contribution in [0.25, 0.3) is 5.57 Å². The molecule has 37 heavy (non-hydrogen) atoms. The third kappa shape index (κ3) is 4.78. The number of carbonyl (C=O) groups is 2. The van der Waals surface area contributed by atoms with E-state index in [1.165, 1.54) is 36.0 Å². The first-order valence-electron chi connectivity index (χ1n) is 14.3. The lowest BCUT2D eigenvalue weighted by Gasteiger charge is -2.57. The molecular formula is C31H43N3O3. The van der Waals surface area contributed by atoms with Crippen molar-refractivity contribution in [2.75, 3.05) is 13.1 Å². The number of nitrogens with zero attached hydrogens (tertiary/aromatic N) is 1. The minimum atomic E-state index is -0.635. The van der Waals surface area contributed by atoms with Crippen molar-refractivity contribution in [3.8, 4) is 0 Å². The van der Waals surface area contributed by atoms with Crippen LogP contribution in [0.1, 0.15) is 78.2 Å². The van der Waals surface area contributed by atoms with Gasteiger partial charge >= 0.3 is 5.97 Å². The zero-order valence-electron chi connectivity index (χ0n) is 22.9. The largest absolute Gasteiger partial charge is 0.461 e. The fourth-order valence-corrected chi connectivity index (χ4v) is 8.12. The molecule has 2 saturated carbocycles. The summed E-state index contributed by atoms with van der Waals surface area (Å²) >= 11 is 0. The predicted molar refractivity (Wildman–Crippen MR) is 145 cm³/mol. The number of hydrogen-bond donors (Lipinski definition) is 2. The van der Waals surface area contributed by atoms with Gasteiger partial charge in [0.25, 0.3) is 0 Å². The SMILES string of the molecule is CCNCC(=O)N[C@@H](C)C(=O)O[C@H]1CC[C@@]2(C)C(=CC[C@@H]3[C@@H]2CC[C@]2(C)C(c4cccnc4)=CC[C@@H]32)C1. The summed E-state index contributed by atoms with van der Waals surface area (Å²) in [5.41, 5.74) is 4.70. The van der Waals surface area contributed by atoms with Gasteiger partial charge in [0.2, 0.25) is 5.91 Å². The Balaban J connectivity index is 1.24. The highest BCUT2D eigenvalue weighted by Crippen LogP contribution is 2.66. The van der Waals surface area contributed by atoms with Crippen LogP contribution in [0.3, 0.4) is 0 Å². The summed E-state index contributed by atoms with van der Waals surface area (Å²) in [5.74, 6) is 1.55. The Morgan fingerprint density at radius 1 is 1.14 bits per heavy atom. The lowest BCUT2D eigenvalue weighted by molar-refractivity contribution is -0.154. The average molecular weight is 506 g/mol. The van der Waals surface area contributed by atoms with Crippen molar-refractivity contribution in [3.05, 3.63) is 47.8 Å². The van der Waals surface area contributed by atoms with Gasteiger partial charge < -0.3 is 15.4 Å². The number of fused-ring (bicyclic) bond motifs is 5. The lowest BCUT2D eigenvalue weighted by atomic mass is 9.47.